The fraction of sp³-hybridized carbons (Fsp3) is 0.400. The number of anilines is 1. The molecule has 0 spiro atoms. The molecule has 1 aliphatic rings. The number of methoxy groups -OCH3 is 1. The molecule has 0 bridgehead atoms. The van der Waals surface area contributed by atoms with Crippen molar-refractivity contribution >= 4 is 5.82 Å². The second-order valence-corrected chi connectivity index (χ2v) is 5.09. The average molecular weight is 286 g/mol. The number of aliphatic hydroxyl groups excluding tert-OH is 1. The minimum atomic E-state index is -0.362. The van der Waals surface area contributed by atoms with Gasteiger partial charge < -0.3 is 14.7 Å². The molecule has 0 amide bonds. The van der Waals surface area contributed by atoms with E-state index in [-0.39, 0.29) is 12.1 Å². The van der Waals surface area contributed by atoms with Crippen LogP contribution in [0.2, 0.25) is 0 Å². The Morgan fingerprint density at radius 3 is 2.90 bits per heavy atom. The van der Waals surface area contributed by atoms with Gasteiger partial charge in [0.2, 0.25) is 5.88 Å². The fourth-order valence-electron chi connectivity index (χ4n) is 2.73. The van der Waals surface area contributed by atoms with Crippen LogP contribution < -0.4 is 9.64 Å². The van der Waals surface area contributed by atoms with Crippen molar-refractivity contribution in [1.29, 1.82) is 0 Å². The van der Waals surface area contributed by atoms with Crippen LogP contribution in [-0.4, -0.2) is 45.9 Å². The zero-order valence-electron chi connectivity index (χ0n) is 11.9. The van der Waals surface area contributed by atoms with Crippen LogP contribution in [-0.2, 0) is 6.42 Å². The predicted octanol–water partition coefficient (Wildman–Crippen LogP) is 1.06. The van der Waals surface area contributed by atoms with Crippen molar-refractivity contribution < 1.29 is 9.84 Å². The third-order valence-corrected chi connectivity index (χ3v) is 3.84. The summed E-state index contributed by atoms with van der Waals surface area (Å²) in [6.07, 6.45) is 6.17. The van der Waals surface area contributed by atoms with Crippen molar-refractivity contribution in [3.63, 3.8) is 0 Å². The van der Waals surface area contributed by atoms with Gasteiger partial charge in [-0.3, -0.25) is 4.98 Å². The van der Waals surface area contributed by atoms with Crippen molar-refractivity contribution in [1.82, 2.24) is 15.0 Å². The first kappa shape index (κ1) is 13.8. The molecule has 21 heavy (non-hydrogen) atoms. The van der Waals surface area contributed by atoms with Gasteiger partial charge in [0.05, 0.1) is 19.3 Å². The van der Waals surface area contributed by atoms with E-state index in [0.29, 0.717) is 5.88 Å². The van der Waals surface area contributed by atoms with Gasteiger partial charge >= 0.3 is 0 Å². The summed E-state index contributed by atoms with van der Waals surface area (Å²) in [5.74, 6) is 1.32. The zero-order valence-corrected chi connectivity index (χ0v) is 11.9. The van der Waals surface area contributed by atoms with E-state index in [9.17, 15) is 5.11 Å². The van der Waals surface area contributed by atoms with Crippen molar-refractivity contribution in [2.24, 2.45) is 0 Å². The minimum absolute atomic E-state index is 0.00649. The molecule has 1 fully saturated rings. The van der Waals surface area contributed by atoms with Gasteiger partial charge in [0.1, 0.15) is 12.1 Å². The summed E-state index contributed by atoms with van der Waals surface area (Å²) in [5.41, 5.74) is 1.15. The van der Waals surface area contributed by atoms with Crippen LogP contribution in [0.15, 0.2) is 36.9 Å². The number of aromatic nitrogens is 3. The van der Waals surface area contributed by atoms with Gasteiger partial charge in [-0.15, -0.1) is 0 Å². The Morgan fingerprint density at radius 2 is 2.14 bits per heavy atom. The first-order chi connectivity index (χ1) is 10.3. The largest absolute Gasteiger partial charge is 0.481 e. The quantitative estimate of drug-likeness (QED) is 0.906. The third-order valence-electron chi connectivity index (χ3n) is 3.84. The standard InChI is InChI=1S/C15H18N4O2/c1-21-15-9-14(17-10-18-15)19-7-4-13(20)12(19)8-11-2-5-16-6-3-11/h2-3,5-6,9-10,12-13,20H,4,7-8H2,1H3/t12-,13-/m1/s1. The van der Waals surface area contributed by atoms with Crippen LogP contribution >= 0.6 is 0 Å². The number of hydrogen-bond donors (Lipinski definition) is 1. The molecule has 0 unspecified atom stereocenters. The van der Waals surface area contributed by atoms with Gasteiger partial charge in [-0.25, -0.2) is 9.97 Å². The Bertz CT molecular complexity index is 593. The molecule has 0 radical (unpaired) electrons. The average Bonchev–Trinajstić information content (AvgIpc) is 2.89. The zero-order chi connectivity index (χ0) is 14.7. The first-order valence-electron chi connectivity index (χ1n) is 6.97. The lowest BCUT2D eigenvalue weighted by Crippen LogP contribution is -2.37. The van der Waals surface area contributed by atoms with E-state index < -0.39 is 0 Å². The summed E-state index contributed by atoms with van der Waals surface area (Å²) in [5, 5.41) is 10.3. The lowest BCUT2D eigenvalue weighted by molar-refractivity contribution is 0.164. The molecule has 1 saturated heterocycles. The number of pyridine rings is 1. The molecule has 6 nitrogen and oxygen atoms in total. The molecule has 2 aromatic heterocycles. The van der Waals surface area contributed by atoms with Crippen molar-refractivity contribution in [2.75, 3.05) is 18.6 Å². The van der Waals surface area contributed by atoms with E-state index in [2.05, 4.69) is 19.9 Å². The molecule has 3 rings (SSSR count). The summed E-state index contributed by atoms with van der Waals surface area (Å²) in [6.45, 7) is 0.775. The molecule has 1 N–H and O–H groups in total. The predicted molar refractivity (Wildman–Crippen MR) is 78.3 cm³/mol. The van der Waals surface area contributed by atoms with E-state index in [4.69, 9.17) is 4.74 Å². The summed E-state index contributed by atoms with van der Waals surface area (Å²) < 4.78 is 5.15. The molecular weight excluding hydrogens is 268 g/mol. The molecule has 0 aromatic carbocycles. The highest BCUT2D eigenvalue weighted by Gasteiger charge is 2.33. The highest BCUT2D eigenvalue weighted by atomic mass is 16.5. The normalized spacial score (nSPS) is 21.5. The summed E-state index contributed by atoms with van der Waals surface area (Å²) >= 11 is 0. The summed E-state index contributed by atoms with van der Waals surface area (Å²) in [7, 11) is 1.58. The molecular formula is C15H18N4O2. The van der Waals surface area contributed by atoms with Gasteiger partial charge in [0, 0.05) is 25.0 Å². The Balaban J connectivity index is 1.83. The molecule has 2 aromatic rings. The van der Waals surface area contributed by atoms with Gasteiger partial charge in [0.25, 0.3) is 0 Å². The second-order valence-electron chi connectivity index (χ2n) is 5.09. The number of hydrogen-bond acceptors (Lipinski definition) is 6. The van der Waals surface area contributed by atoms with E-state index in [1.54, 1.807) is 25.6 Å². The minimum Gasteiger partial charge on any atom is -0.481 e. The van der Waals surface area contributed by atoms with E-state index in [0.717, 1.165) is 30.8 Å². The second kappa shape index (κ2) is 6.05. The Labute approximate surface area is 123 Å². The first-order valence-corrected chi connectivity index (χ1v) is 6.97. The molecule has 3 heterocycles. The van der Waals surface area contributed by atoms with Crippen molar-refractivity contribution in [3.05, 3.63) is 42.5 Å². The number of rotatable bonds is 4. The maximum Gasteiger partial charge on any atom is 0.218 e. The smallest absolute Gasteiger partial charge is 0.218 e. The monoisotopic (exact) mass is 286 g/mol. The van der Waals surface area contributed by atoms with Gasteiger partial charge in [-0.1, -0.05) is 0 Å². The summed E-state index contributed by atoms with van der Waals surface area (Å²) in [4.78, 5) is 14.5. The molecule has 1 aliphatic heterocycles. The SMILES string of the molecule is COc1cc(N2CC[C@@H](O)[C@H]2Cc2ccncc2)ncn1. The Kier molecular flexibility index (Phi) is 3.96. The van der Waals surface area contributed by atoms with Gasteiger partial charge in [-0.2, -0.15) is 0 Å². The van der Waals surface area contributed by atoms with Crippen LogP contribution in [0.25, 0.3) is 0 Å². The van der Waals surface area contributed by atoms with Crippen LogP contribution in [0.1, 0.15) is 12.0 Å². The number of ether oxygens (including phenoxy) is 1. The van der Waals surface area contributed by atoms with Crippen molar-refractivity contribution in [2.45, 2.75) is 25.0 Å². The highest BCUT2D eigenvalue weighted by molar-refractivity contribution is 5.44. The highest BCUT2D eigenvalue weighted by Crippen LogP contribution is 2.27. The van der Waals surface area contributed by atoms with E-state index in [1.807, 2.05) is 12.1 Å². The van der Waals surface area contributed by atoms with Crippen molar-refractivity contribution in [3.8, 4) is 5.88 Å². The number of aliphatic hydroxyl groups is 1. The molecule has 6 heteroatoms. The molecule has 0 aliphatic carbocycles. The Morgan fingerprint density at radius 1 is 1.33 bits per heavy atom. The van der Waals surface area contributed by atoms with Crippen LogP contribution in [0, 0.1) is 0 Å². The molecule has 2 atom stereocenters. The third kappa shape index (κ3) is 2.95. The maximum absolute atomic E-state index is 10.3. The number of nitrogens with zero attached hydrogens (tertiary/aromatic N) is 4. The van der Waals surface area contributed by atoms with Crippen LogP contribution in [0.5, 0.6) is 5.88 Å². The lowest BCUT2D eigenvalue weighted by Gasteiger charge is -2.27. The lowest BCUT2D eigenvalue weighted by atomic mass is 10.0. The van der Waals surface area contributed by atoms with E-state index >= 15 is 0 Å². The van der Waals surface area contributed by atoms with Crippen LogP contribution in [0.4, 0.5) is 5.82 Å². The fourth-order valence-corrected chi connectivity index (χ4v) is 2.73. The molecule has 0 saturated carbocycles. The van der Waals surface area contributed by atoms with Gasteiger partial charge in [-0.05, 0) is 30.5 Å². The topological polar surface area (TPSA) is 71.4 Å². The maximum atomic E-state index is 10.3. The van der Waals surface area contributed by atoms with Crippen LogP contribution in [0.3, 0.4) is 0 Å². The Hall–Kier alpha value is -2.21. The van der Waals surface area contributed by atoms with E-state index in [1.165, 1.54) is 6.33 Å². The molecule has 110 valence electrons. The summed E-state index contributed by atoms with van der Waals surface area (Å²) in [6, 6.07) is 5.76. The van der Waals surface area contributed by atoms with Gasteiger partial charge in [0.15, 0.2) is 0 Å².